The number of hydrogen-bond donors (Lipinski definition) is 1. The molecular weight excluding hydrogens is 320 g/mol. The lowest BCUT2D eigenvalue weighted by molar-refractivity contribution is 0.101. The highest BCUT2D eigenvalue weighted by atomic mass is 16.5. The fourth-order valence-corrected chi connectivity index (χ4v) is 2.73. The van der Waals surface area contributed by atoms with E-state index in [1.807, 2.05) is 14.0 Å². The van der Waals surface area contributed by atoms with Crippen LogP contribution < -0.4 is 4.74 Å². The number of aromatic nitrogens is 4. The monoisotopic (exact) mass is 346 g/mol. The number of rotatable bonds is 10. The van der Waals surface area contributed by atoms with E-state index in [0.717, 1.165) is 43.5 Å². The maximum atomic E-state index is 11.6. The van der Waals surface area contributed by atoms with Crippen molar-refractivity contribution in [2.45, 2.75) is 52.4 Å². The number of Topliss-reactive ketones (excluding diaryl/α,β-unsaturated/α-hetero) is 1. The van der Waals surface area contributed by atoms with E-state index >= 15 is 0 Å². The highest BCUT2D eigenvalue weighted by Crippen LogP contribution is 2.33. The number of aryl methyl sites for hydroxylation is 2. The maximum absolute atomic E-state index is 11.6. The van der Waals surface area contributed by atoms with Crippen LogP contribution in [0.15, 0.2) is 12.1 Å². The van der Waals surface area contributed by atoms with E-state index < -0.39 is 0 Å². The van der Waals surface area contributed by atoms with Crippen LogP contribution >= 0.6 is 0 Å². The zero-order valence-electron chi connectivity index (χ0n) is 15.2. The van der Waals surface area contributed by atoms with Gasteiger partial charge in [0, 0.05) is 19.0 Å². The second kappa shape index (κ2) is 9.15. The van der Waals surface area contributed by atoms with E-state index in [-0.39, 0.29) is 11.5 Å². The van der Waals surface area contributed by atoms with Gasteiger partial charge in [-0.05, 0) is 55.2 Å². The van der Waals surface area contributed by atoms with Gasteiger partial charge >= 0.3 is 0 Å². The first-order valence-electron chi connectivity index (χ1n) is 8.74. The summed E-state index contributed by atoms with van der Waals surface area (Å²) in [4.78, 5) is 11.6. The Balaban J connectivity index is 1.84. The van der Waals surface area contributed by atoms with Crippen LogP contribution in [0.5, 0.6) is 11.5 Å². The van der Waals surface area contributed by atoms with Gasteiger partial charge in [-0.15, -0.1) is 5.10 Å². The van der Waals surface area contributed by atoms with Crippen molar-refractivity contribution < 1.29 is 14.6 Å². The van der Waals surface area contributed by atoms with Gasteiger partial charge in [-0.3, -0.25) is 4.79 Å². The third-order valence-electron chi connectivity index (χ3n) is 4.13. The average Bonchev–Trinajstić information content (AvgIpc) is 2.98. The topological polar surface area (TPSA) is 90.1 Å². The third-order valence-corrected chi connectivity index (χ3v) is 4.13. The smallest absolute Gasteiger partial charge is 0.163 e. The first kappa shape index (κ1) is 18.9. The Kier molecular flexibility index (Phi) is 6.91. The molecule has 0 fully saturated rings. The molecule has 0 amide bonds. The minimum absolute atomic E-state index is 0.0571. The molecule has 0 atom stereocenters. The Bertz CT molecular complexity index is 712. The number of phenols is 1. The molecule has 25 heavy (non-hydrogen) atoms. The van der Waals surface area contributed by atoms with Crippen LogP contribution in [-0.2, 0) is 19.9 Å². The van der Waals surface area contributed by atoms with Gasteiger partial charge in [0.15, 0.2) is 11.6 Å². The van der Waals surface area contributed by atoms with Crippen LogP contribution in [0.3, 0.4) is 0 Å². The molecule has 0 saturated carbocycles. The van der Waals surface area contributed by atoms with Crippen molar-refractivity contribution in [3.8, 4) is 11.5 Å². The number of unbranched alkanes of at least 4 members (excludes halogenated alkanes) is 2. The molecule has 2 aromatic rings. The standard InChI is InChI=1S/C18H26N4O3/c1-4-8-15-16(11-10-14(13(2)23)18(15)24)25-12-7-5-6-9-17-19-20-21-22(17)3/h10-11,24H,4-9,12H2,1-3H3. The van der Waals surface area contributed by atoms with E-state index in [4.69, 9.17) is 4.74 Å². The molecule has 136 valence electrons. The fraction of sp³-hybridized carbons (Fsp3) is 0.556. The summed E-state index contributed by atoms with van der Waals surface area (Å²) in [5.74, 6) is 1.47. The molecule has 0 unspecified atom stereocenters. The van der Waals surface area contributed by atoms with Gasteiger partial charge in [-0.1, -0.05) is 13.3 Å². The number of carbonyl (C=O) groups is 1. The number of aromatic hydroxyl groups is 1. The second-order valence-corrected chi connectivity index (χ2v) is 6.12. The zero-order valence-corrected chi connectivity index (χ0v) is 15.2. The number of hydrogen-bond acceptors (Lipinski definition) is 6. The number of tetrazole rings is 1. The van der Waals surface area contributed by atoms with E-state index in [1.165, 1.54) is 6.92 Å². The lowest BCUT2D eigenvalue weighted by Gasteiger charge is -2.14. The quantitative estimate of drug-likeness (QED) is 0.525. The van der Waals surface area contributed by atoms with Gasteiger partial charge in [0.25, 0.3) is 0 Å². The number of ketones is 1. The molecule has 2 rings (SSSR count). The van der Waals surface area contributed by atoms with Crippen LogP contribution in [0.4, 0.5) is 0 Å². The molecule has 0 saturated heterocycles. The molecule has 7 nitrogen and oxygen atoms in total. The maximum Gasteiger partial charge on any atom is 0.163 e. The third kappa shape index (κ3) is 5.01. The molecule has 0 aliphatic heterocycles. The summed E-state index contributed by atoms with van der Waals surface area (Å²) in [5.41, 5.74) is 1.08. The van der Waals surface area contributed by atoms with Crippen LogP contribution in [-0.4, -0.2) is 37.7 Å². The van der Waals surface area contributed by atoms with Crippen LogP contribution in [0.1, 0.15) is 61.3 Å². The number of benzene rings is 1. The molecule has 0 aliphatic rings. The predicted molar refractivity (Wildman–Crippen MR) is 94.0 cm³/mol. The molecule has 1 heterocycles. The highest BCUT2D eigenvalue weighted by molar-refractivity contribution is 5.97. The SMILES string of the molecule is CCCc1c(OCCCCCc2nnnn2C)ccc(C(C)=O)c1O. The largest absolute Gasteiger partial charge is 0.507 e. The molecule has 0 spiro atoms. The average molecular weight is 346 g/mol. The summed E-state index contributed by atoms with van der Waals surface area (Å²) in [6.45, 7) is 4.07. The first-order chi connectivity index (χ1) is 12.0. The Morgan fingerprint density at radius 1 is 1.24 bits per heavy atom. The Labute approximate surface area is 148 Å². The van der Waals surface area contributed by atoms with E-state index in [9.17, 15) is 9.90 Å². The van der Waals surface area contributed by atoms with Gasteiger partial charge in [0.2, 0.25) is 0 Å². The molecule has 0 bridgehead atoms. The van der Waals surface area contributed by atoms with Gasteiger partial charge in [-0.2, -0.15) is 0 Å². The van der Waals surface area contributed by atoms with Gasteiger partial charge in [0.1, 0.15) is 11.5 Å². The van der Waals surface area contributed by atoms with Crippen LogP contribution in [0.25, 0.3) is 0 Å². The molecule has 1 aromatic heterocycles. The Morgan fingerprint density at radius 2 is 2.04 bits per heavy atom. The summed E-state index contributed by atoms with van der Waals surface area (Å²) in [6, 6.07) is 3.42. The highest BCUT2D eigenvalue weighted by Gasteiger charge is 2.15. The minimum atomic E-state index is -0.139. The van der Waals surface area contributed by atoms with Crippen molar-refractivity contribution in [3.63, 3.8) is 0 Å². The molecule has 0 radical (unpaired) electrons. The van der Waals surface area contributed by atoms with E-state index in [1.54, 1.807) is 16.8 Å². The summed E-state index contributed by atoms with van der Waals surface area (Å²) in [5, 5.41) is 21.7. The van der Waals surface area contributed by atoms with Gasteiger partial charge < -0.3 is 9.84 Å². The molecule has 0 aliphatic carbocycles. The number of phenolic OH excluding ortho intramolecular Hbond substituents is 1. The van der Waals surface area contributed by atoms with Crippen molar-refractivity contribution in [3.05, 3.63) is 29.1 Å². The number of ether oxygens (including phenoxy) is 1. The van der Waals surface area contributed by atoms with Crippen LogP contribution in [0, 0.1) is 0 Å². The van der Waals surface area contributed by atoms with Crippen LogP contribution in [0.2, 0.25) is 0 Å². The first-order valence-corrected chi connectivity index (χ1v) is 8.74. The molecule has 1 N–H and O–H groups in total. The summed E-state index contributed by atoms with van der Waals surface area (Å²) < 4.78 is 7.54. The van der Waals surface area contributed by atoms with Crippen molar-refractivity contribution in [1.29, 1.82) is 0 Å². The molecular formula is C18H26N4O3. The number of nitrogens with zero attached hydrogens (tertiary/aromatic N) is 4. The second-order valence-electron chi connectivity index (χ2n) is 6.12. The molecule has 1 aromatic carbocycles. The van der Waals surface area contributed by atoms with Crippen molar-refractivity contribution in [2.75, 3.05) is 6.61 Å². The van der Waals surface area contributed by atoms with Crippen molar-refractivity contribution >= 4 is 5.78 Å². The lowest BCUT2D eigenvalue weighted by Crippen LogP contribution is -2.04. The summed E-state index contributed by atoms with van der Waals surface area (Å²) in [7, 11) is 1.84. The molecule has 7 heteroatoms. The van der Waals surface area contributed by atoms with E-state index in [2.05, 4.69) is 15.5 Å². The van der Waals surface area contributed by atoms with Crippen molar-refractivity contribution in [2.24, 2.45) is 7.05 Å². The normalized spacial score (nSPS) is 10.8. The minimum Gasteiger partial charge on any atom is -0.507 e. The fourth-order valence-electron chi connectivity index (χ4n) is 2.73. The zero-order chi connectivity index (χ0) is 18.2. The van der Waals surface area contributed by atoms with Gasteiger partial charge in [-0.25, -0.2) is 4.68 Å². The van der Waals surface area contributed by atoms with Crippen molar-refractivity contribution in [1.82, 2.24) is 20.2 Å². The predicted octanol–water partition coefficient (Wildman–Crippen LogP) is 2.86. The van der Waals surface area contributed by atoms with E-state index in [0.29, 0.717) is 24.3 Å². The van der Waals surface area contributed by atoms with Gasteiger partial charge in [0.05, 0.1) is 12.2 Å². The summed E-state index contributed by atoms with van der Waals surface area (Å²) in [6.07, 6.45) is 5.31. The lowest BCUT2D eigenvalue weighted by atomic mass is 10.0. The Hall–Kier alpha value is -2.44. The summed E-state index contributed by atoms with van der Waals surface area (Å²) >= 11 is 0. The Morgan fingerprint density at radius 3 is 2.68 bits per heavy atom. The number of carbonyl (C=O) groups excluding carboxylic acids is 1.